The molecule has 12 aromatic rings. The largest absolute Gasteiger partial charge is 0.316 e. The standard InChI is InChI=1S/C56H36N2/c1-4-12-37(13-5-1)40-24-27-47-48-28-25-41(35-52(48)46-19-11-10-18-45(46)51(47)34-40)38-20-22-39(23-21-38)42-26-30-55-53(36-42)49-29-31-54-50(32-33-57(54)43-14-6-2-7-15-43)56(49)58(55)44-16-8-3-9-17-44/h1-36H. The fourth-order valence-corrected chi connectivity index (χ4v) is 9.37. The molecule has 0 saturated carbocycles. The summed E-state index contributed by atoms with van der Waals surface area (Å²) in [5.74, 6) is 0. The number of rotatable bonds is 5. The molecular formula is C56H36N2. The number of para-hydroxylation sites is 2. The van der Waals surface area contributed by atoms with Crippen LogP contribution >= 0.6 is 0 Å². The van der Waals surface area contributed by atoms with Gasteiger partial charge in [0, 0.05) is 33.7 Å². The van der Waals surface area contributed by atoms with Gasteiger partial charge in [0.05, 0.1) is 16.6 Å². The number of benzene rings is 10. The first-order valence-corrected chi connectivity index (χ1v) is 20.0. The van der Waals surface area contributed by atoms with E-state index in [0.29, 0.717) is 0 Å². The molecule has 0 aliphatic rings. The topological polar surface area (TPSA) is 9.86 Å². The second kappa shape index (κ2) is 12.9. The molecule has 0 aliphatic carbocycles. The Morgan fingerprint density at radius 2 is 0.672 bits per heavy atom. The van der Waals surface area contributed by atoms with Crippen LogP contribution < -0.4 is 0 Å². The Morgan fingerprint density at radius 1 is 0.241 bits per heavy atom. The van der Waals surface area contributed by atoms with Crippen molar-refractivity contribution in [3.8, 4) is 44.8 Å². The Hall–Kier alpha value is -7.68. The minimum absolute atomic E-state index is 1.16. The van der Waals surface area contributed by atoms with Gasteiger partial charge in [0.1, 0.15) is 0 Å². The third-order valence-electron chi connectivity index (χ3n) is 12.1. The van der Waals surface area contributed by atoms with Crippen molar-refractivity contribution in [2.24, 2.45) is 0 Å². The maximum Gasteiger partial charge on any atom is 0.0635 e. The highest BCUT2D eigenvalue weighted by Crippen LogP contribution is 2.41. The van der Waals surface area contributed by atoms with Gasteiger partial charge in [-0.3, -0.25) is 0 Å². The summed E-state index contributed by atoms with van der Waals surface area (Å²) >= 11 is 0. The van der Waals surface area contributed by atoms with E-state index in [1.165, 1.54) is 98.4 Å². The summed E-state index contributed by atoms with van der Waals surface area (Å²) in [6, 6.07) is 77.7. The molecule has 0 atom stereocenters. The average molecular weight is 737 g/mol. The van der Waals surface area contributed by atoms with Crippen LogP contribution in [0.4, 0.5) is 0 Å². The Labute approximate surface area is 336 Å². The summed E-state index contributed by atoms with van der Waals surface area (Å²) in [6.07, 6.45) is 2.20. The zero-order chi connectivity index (χ0) is 38.2. The summed E-state index contributed by atoms with van der Waals surface area (Å²) in [7, 11) is 0. The number of aromatic nitrogens is 2. The van der Waals surface area contributed by atoms with Gasteiger partial charge in [-0.15, -0.1) is 0 Å². The second-order valence-corrected chi connectivity index (χ2v) is 15.3. The van der Waals surface area contributed by atoms with Crippen molar-refractivity contribution in [2.45, 2.75) is 0 Å². The van der Waals surface area contributed by atoms with Crippen molar-refractivity contribution < 1.29 is 0 Å². The molecule has 0 unspecified atom stereocenters. The lowest BCUT2D eigenvalue weighted by molar-refractivity contribution is 1.13. The van der Waals surface area contributed by atoms with E-state index >= 15 is 0 Å². The lowest BCUT2D eigenvalue weighted by Gasteiger charge is -2.14. The Bertz CT molecular complexity index is 3500. The number of hydrogen-bond acceptors (Lipinski definition) is 0. The first kappa shape index (κ1) is 32.6. The van der Waals surface area contributed by atoms with E-state index in [1.54, 1.807) is 0 Å². The first-order chi connectivity index (χ1) is 28.8. The molecular weight excluding hydrogens is 701 g/mol. The predicted molar refractivity (Wildman–Crippen MR) is 246 cm³/mol. The fraction of sp³-hybridized carbons (Fsp3) is 0. The molecule has 58 heavy (non-hydrogen) atoms. The normalized spacial score (nSPS) is 11.8. The van der Waals surface area contributed by atoms with E-state index in [0.717, 1.165) is 11.4 Å². The molecule has 270 valence electrons. The Morgan fingerprint density at radius 3 is 1.28 bits per heavy atom. The molecule has 0 bridgehead atoms. The van der Waals surface area contributed by atoms with Crippen LogP contribution in [0.25, 0.3) is 110 Å². The third kappa shape index (κ3) is 5.05. The van der Waals surface area contributed by atoms with Crippen LogP contribution in [-0.2, 0) is 0 Å². The first-order valence-electron chi connectivity index (χ1n) is 20.0. The van der Waals surface area contributed by atoms with Crippen LogP contribution in [0.2, 0.25) is 0 Å². The highest BCUT2D eigenvalue weighted by Gasteiger charge is 2.18. The zero-order valence-corrected chi connectivity index (χ0v) is 31.7. The van der Waals surface area contributed by atoms with E-state index in [2.05, 4.69) is 228 Å². The highest BCUT2D eigenvalue weighted by atomic mass is 15.0. The van der Waals surface area contributed by atoms with Crippen LogP contribution in [0.15, 0.2) is 219 Å². The summed E-state index contributed by atoms with van der Waals surface area (Å²) in [5.41, 5.74) is 13.3. The quantitative estimate of drug-likeness (QED) is 0.156. The van der Waals surface area contributed by atoms with Crippen LogP contribution in [0, 0.1) is 0 Å². The molecule has 0 saturated heterocycles. The molecule has 0 fully saturated rings. The number of fused-ring (bicyclic) bond motifs is 11. The van der Waals surface area contributed by atoms with Gasteiger partial charge in [-0.1, -0.05) is 152 Å². The Balaban J connectivity index is 0.958. The van der Waals surface area contributed by atoms with Crippen molar-refractivity contribution in [3.63, 3.8) is 0 Å². The highest BCUT2D eigenvalue weighted by molar-refractivity contribution is 6.26. The molecule has 2 heterocycles. The van der Waals surface area contributed by atoms with E-state index < -0.39 is 0 Å². The molecule has 0 aliphatic heterocycles. The van der Waals surface area contributed by atoms with Gasteiger partial charge in [-0.25, -0.2) is 0 Å². The SMILES string of the molecule is c1ccc(-c2ccc3c4ccc(-c5ccc(-c6ccc7c(c6)c6ccc8c(ccn8-c8ccccc8)c6n7-c6ccccc6)cc5)cc4c4ccccc4c3c2)cc1. The third-order valence-corrected chi connectivity index (χ3v) is 12.1. The number of nitrogens with zero attached hydrogens (tertiary/aromatic N) is 2. The van der Waals surface area contributed by atoms with Gasteiger partial charge in [-0.05, 0) is 126 Å². The lowest BCUT2D eigenvalue weighted by atomic mass is 9.90. The van der Waals surface area contributed by atoms with Gasteiger partial charge in [0.25, 0.3) is 0 Å². The summed E-state index contributed by atoms with van der Waals surface area (Å²) < 4.78 is 4.72. The summed E-state index contributed by atoms with van der Waals surface area (Å²) in [5, 5.41) is 11.5. The van der Waals surface area contributed by atoms with Gasteiger partial charge in [-0.2, -0.15) is 0 Å². The van der Waals surface area contributed by atoms with Crippen molar-refractivity contribution >= 4 is 65.0 Å². The monoisotopic (exact) mass is 736 g/mol. The van der Waals surface area contributed by atoms with Gasteiger partial charge >= 0.3 is 0 Å². The molecule has 12 rings (SSSR count). The molecule has 0 spiro atoms. The summed E-state index contributed by atoms with van der Waals surface area (Å²) in [4.78, 5) is 0. The molecule has 2 heteroatoms. The van der Waals surface area contributed by atoms with Crippen LogP contribution in [0.3, 0.4) is 0 Å². The molecule has 2 nitrogen and oxygen atoms in total. The lowest BCUT2D eigenvalue weighted by Crippen LogP contribution is -1.94. The van der Waals surface area contributed by atoms with Crippen LogP contribution in [0.5, 0.6) is 0 Å². The molecule has 10 aromatic carbocycles. The minimum atomic E-state index is 1.16. The van der Waals surface area contributed by atoms with Crippen molar-refractivity contribution in [3.05, 3.63) is 219 Å². The van der Waals surface area contributed by atoms with E-state index in [9.17, 15) is 0 Å². The zero-order valence-electron chi connectivity index (χ0n) is 31.7. The fourth-order valence-electron chi connectivity index (χ4n) is 9.37. The molecule has 0 amide bonds. The van der Waals surface area contributed by atoms with E-state index in [-0.39, 0.29) is 0 Å². The predicted octanol–water partition coefficient (Wildman–Crippen LogP) is 15.2. The number of hydrogen-bond donors (Lipinski definition) is 0. The molecule has 2 aromatic heterocycles. The van der Waals surface area contributed by atoms with Gasteiger partial charge in [0.2, 0.25) is 0 Å². The second-order valence-electron chi connectivity index (χ2n) is 15.3. The summed E-state index contributed by atoms with van der Waals surface area (Å²) in [6.45, 7) is 0. The smallest absolute Gasteiger partial charge is 0.0635 e. The Kier molecular flexibility index (Phi) is 7.26. The minimum Gasteiger partial charge on any atom is -0.316 e. The maximum atomic E-state index is 2.43. The van der Waals surface area contributed by atoms with Gasteiger partial charge < -0.3 is 9.13 Å². The van der Waals surface area contributed by atoms with Crippen molar-refractivity contribution in [1.29, 1.82) is 0 Å². The van der Waals surface area contributed by atoms with E-state index in [1.807, 2.05) is 0 Å². The maximum absolute atomic E-state index is 2.43. The van der Waals surface area contributed by atoms with Crippen molar-refractivity contribution in [1.82, 2.24) is 9.13 Å². The van der Waals surface area contributed by atoms with E-state index in [4.69, 9.17) is 0 Å². The van der Waals surface area contributed by atoms with Crippen LogP contribution in [-0.4, -0.2) is 9.13 Å². The average Bonchev–Trinajstić information content (AvgIpc) is 3.89. The van der Waals surface area contributed by atoms with Crippen LogP contribution in [0.1, 0.15) is 0 Å². The van der Waals surface area contributed by atoms with Crippen molar-refractivity contribution in [2.75, 3.05) is 0 Å². The molecule has 0 radical (unpaired) electrons. The van der Waals surface area contributed by atoms with Gasteiger partial charge in [0.15, 0.2) is 0 Å². The molecule has 0 N–H and O–H groups in total.